The van der Waals surface area contributed by atoms with Gasteiger partial charge in [0.15, 0.2) is 0 Å². The predicted molar refractivity (Wildman–Crippen MR) is 110 cm³/mol. The Morgan fingerprint density at radius 1 is 0.929 bits per heavy atom. The molecule has 1 fully saturated rings. The number of nitrogens with zero attached hydrogens (tertiary/aromatic N) is 2. The Bertz CT molecular complexity index is 925. The number of imide groups is 1. The Kier molecular flexibility index (Phi) is 5.01. The third-order valence-corrected chi connectivity index (χ3v) is 5.69. The number of quaternary nitrogens is 1. The molecule has 0 unspecified atom stereocenters. The molecule has 2 aliphatic heterocycles. The lowest BCUT2D eigenvalue weighted by Gasteiger charge is -2.33. The summed E-state index contributed by atoms with van der Waals surface area (Å²) in [4.78, 5) is 31.6. The summed E-state index contributed by atoms with van der Waals surface area (Å²) < 4.78 is 0. The molecule has 1 N–H and O–H groups in total. The first-order valence-corrected chi connectivity index (χ1v) is 9.92. The van der Waals surface area contributed by atoms with Gasteiger partial charge in [0.2, 0.25) is 0 Å². The molecule has 2 amide bonds. The highest BCUT2D eigenvalue weighted by atomic mass is 16.2. The summed E-state index contributed by atoms with van der Waals surface area (Å²) in [6, 6.07) is 14.9. The summed E-state index contributed by atoms with van der Waals surface area (Å²) in [5.41, 5.74) is 3.60. The maximum Gasteiger partial charge on any atom is 0.267 e. The number of nitrogens with one attached hydrogen (secondary N) is 1. The molecule has 144 valence electrons. The molecule has 0 atom stereocenters. The Morgan fingerprint density at radius 3 is 2.21 bits per heavy atom. The van der Waals surface area contributed by atoms with Crippen LogP contribution in [0.25, 0.3) is 5.57 Å². The summed E-state index contributed by atoms with van der Waals surface area (Å²) in [5, 5.41) is 0. The molecule has 2 aromatic rings. The van der Waals surface area contributed by atoms with Crippen molar-refractivity contribution < 1.29 is 14.5 Å². The van der Waals surface area contributed by atoms with Crippen molar-refractivity contribution >= 4 is 23.1 Å². The molecule has 1 saturated heterocycles. The number of carbonyl (C=O) groups is 2. The van der Waals surface area contributed by atoms with Gasteiger partial charge in [-0.1, -0.05) is 35.9 Å². The summed E-state index contributed by atoms with van der Waals surface area (Å²) in [7, 11) is 0. The summed E-state index contributed by atoms with van der Waals surface area (Å²) in [6.07, 6.45) is 1.96. The van der Waals surface area contributed by atoms with E-state index in [1.165, 1.54) is 4.90 Å². The quantitative estimate of drug-likeness (QED) is 0.656. The van der Waals surface area contributed by atoms with E-state index in [2.05, 4.69) is 11.8 Å². The van der Waals surface area contributed by atoms with Crippen molar-refractivity contribution in [2.75, 3.05) is 37.6 Å². The Balaban J connectivity index is 1.74. The fourth-order valence-corrected chi connectivity index (χ4v) is 3.91. The fourth-order valence-electron chi connectivity index (χ4n) is 3.91. The first kappa shape index (κ1) is 18.4. The molecule has 5 heteroatoms. The van der Waals surface area contributed by atoms with Crippen molar-refractivity contribution in [1.82, 2.24) is 4.90 Å². The molecule has 0 saturated carbocycles. The number of piperazine rings is 1. The van der Waals surface area contributed by atoms with Crippen LogP contribution >= 0.6 is 0 Å². The molecular formula is C23H26N3O2+. The van der Waals surface area contributed by atoms with Gasteiger partial charge in [-0.3, -0.25) is 9.59 Å². The second-order valence-corrected chi connectivity index (χ2v) is 7.51. The molecule has 0 radical (unpaired) electrons. The van der Waals surface area contributed by atoms with Crippen molar-refractivity contribution in [3.05, 3.63) is 71.4 Å². The molecule has 0 spiro atoms. The molecule has 0 aromatic heterocycles. The van der Waals surface area contributed by atoms with Crippen LogP contribution in [-0.4, -0.2) is 49.4 Å². The highest BCUT2D eigenvalue weighted by Gasteiger charge is 2.36. The topological polar surface area (TPSA) is 45.1 Å². The number of carbonyl (C=O) groups excluding carboxylic acids is 2. The van der Waals surface area contributed by atoms with E-state index >= 15 is 0 Å². The maximum absolute atomic E-state index is 13.4. The van der Waals surface area contributed by atoms with Gasteiger partial charge in [-0.15, -0.1) is 0 Å². The lowest BCUT2D eigenvalue weighted by atomic mass is 9.93. The van der Waals surface area contributed by atoms with E-state index in [1.807, 2.05) is 55.6 Å². The zero-order valence-electron chi connectivity index (χ0n) is 16.4. The van der Waals surface area contributed by atoms with Crippen molar-refractivity contribution in [1.29, 1.82) is 0 Å². The molecule has 2 aromatic carbocycles. The second-order valence-electron chi connectivity index (χ2n) is 7.51. The molecule has 4 rings (SSSR count). The Hall–Kier alpha value is -2.92. The lowest BCUT2D eigenvalue weighted by molar-refractivity contribution is -0.902. The number of likely N-dealkylation sites (N-methyl/N-ethyl adjacent to an activating group) is 1. The Labute approximate surface area is 165 Å². The van der Waals surface area contributed by atoms with Gasteiger partial charge < -0.3 is 9.80 Å². The first-order chi connectivity index (χ1) is 13.6. The van der Waals surface area contributed by atoms with Crippen LogP contribution in [-0.2, 0) is 4.79 Å². The molecule has 28 heavy (non-hydrogen) atoms. The highest BCUT2D eigenvalue weighted by Crippen LogP contribution is 2.32. The number of amides is 2. The third-order valence-electron chi connectivity index (χ3n) is 5.69. The van der Waals surface area contributed by atoms with E-state index in [1.54, 1.807) is 11.0 Å². The SMILES string of the molecule is CC[NH+]1CCN(C=C2C(=O)N(c3ccc(C)cc3)C(=O)c3ccccc32)CC1. The Morgan fingerprint density at radius 2 is 1.57 bits per heavy atom. The second kappa shape index (κ2) is 7.60. The minimum absolute atomic E-state index is 0.252. The smallest absolute Gasteiger partial charge is 0.267 e. The molecule has 2 aliphatic rings. The van der Waals surface area contributed by atoms with Crippen LogP contribution in [0.4, 0.5) is 5.69 Å². The average Bonchev–Trinajstić information content (AvgIpc) is 2.73. The van der Waals surface area contributed by atoms with Crippen LogP contribution in [0.15, 0.2) is 54.7 Å². The van der Waals surface area contributed by atoms with Crippen molar-refractivity contribution in [2.45, 2.75) is 13.8 Å². The fraction of sp³-hybridized carbons (Fsp3) is 0.304. The van der Waals surface area contributed by atoms with Crippen LogP contribution in [0, 0.1) is 6.92 Å². The highest BCUT2D eigenvalue weighted by molar-refractivity contribution is 6.41. The van der Waals surface area contributed by atoms with E-state index in [9.17, 15) is 9.59 Å². The molecule has 5 nitrogen and oxygen atoms in total. The normalized spacial score (nSPS) is 19.3. The summed E-state index contributed by atoms with van der Waals surface area (Å²) in [6.45, 7) is 9.29. The number of fused-ring (bicyclic) bond motifs is 1. The van der Waals surface area contributed by atoms with E-state index < -0.39 is 0 Å². The van der Waals surface area contributed by atoms with Gasteiger partial charge in [-0.2, -0.15) is 0 Å². The lowest BCUT2D eigenvalue weighted by Crippen LogP contribution is -3.14. The summed E-state index contributed by atoms with van der Waals surface area (Å²) >= 11 is 0. The number of hydrogen-bond acceptors (Lipinski definition) is 3. The zero-order chi connectivity index (χ0) is 19.7. The van der Waals surface area contributed by atoms with Crippen molar-refractivity contribution in [3.8, 4) is 0 Å². The maximum atomic E-state index is 13.4. The molecular weight excluding hydrogens is 350 g/mol. The van der Waals surface area contributed by atoms with E-state index in [0.717, 1.165) is 43.9 Å². The van der Waals surface area contributed by atoms with Gasteiger partial charge in [0.1, 0.15) is 0 Å². The molecule has 0 bridgehead atoms. The monoisotopic (exact) mass is 376 g/mol. The molecule has 0 aliphatic carbocycles. The number of rotatable bonds is 3. The van der Waals surface area contributed by atoms with Crippen molar-refractivity contribution in [3.63, 3.8) is 0 Å². The van der Waals surface area contributed by atoms with E-state index in [0.29, 0.717) is 16.8 Å². The van der Waals surface area contributed by atoms with Gasteiger partial charge in [0, 0.05) is 17.3 Å². The molecule has 2 heterocycles. The average molecular weight is 376 g/mol. The van der Waals surface area contributed by atoms with Gasteiger partial charge in [0.25, 0.3) is 11.8 Å². The first-order valence-electron chi connectivity index (χ1n) is 9.92. The number of anilines is 1. The van der Waals surface area contributed by atoms with Crippen LogP contribution < -0.4 is 9.80 Å². The number of benzene rings is 2. The minimum Gasteiger partial charge on any atom is -0.365 e. The van der Waals surface area contributed by atoms with Crippen LogP contribution in [0.1, 0.15) is 28.4 Å². The van der Waals surface area contributed by atoms with E-state index in [4.69, 9.17) is 0 Å². The predicted octanol–water partition coefficient (Wildman–Crippen LogP) is 1.74. The van der Waals surface area contributed by atoms with Crippen molar-refractivity contribution in [2.24, 2.45) is 0 Å². The summed E-state index contributed by atoms with van der Waals surface area (Å²) in [5.74, 6) is -0.514. The van der Waals surface area contributed by atoms with Gasteiger partial charge >= 0.3 is 0 Å². The van der Waals surface area contributed by atoms with Crippen LogP contribution in [0.2, 0.25) is 0 Å². The van der Waals surface area contributed by atoms with Gasteiger partial charge in [0.05, 0.1) is 44.0 Å². The van der Waals surface area contributed by atoms with Gasteiger partial charge in [-0.25, -0.2) is 4.90 Å². The third kappa shape index (κ3) is 3.34. The minimum atomic E-state index is -0.262. The van der Waals surface area contributed by atoms with Crippen LogP contribution in [0.5, 0.6) is 0 Å². The standard InChI is InChI=1S/C23H25N3O2/c1-3-24-12-14-25(15-13-24)16-21-19-6-4-5-7-20(19)22(27)26(23(21)28)18-10-8-17(2)9-11-18/h4-11,16H,3,12-15H2,1-2H3/p+1. The largest absolute Gasteiger partial charge is 0.365 e. The van der Waals surface area contributed by atoms with Crippen LogP contribution in [0.3, 0.4) is 0 Å². The number of aryl methyl sites for hydroxylation is 1. The zero-order valence-corrected chi connectivity index (χ0v) is 16.4. The van der Waals surface area contributed by atoms with Gasteiger partial charge in [-0.05, 0) is 32.0 Å². The number of hydrogen-bond donors (Lipinski definition) is 1. The van der Waals surface area contributed by atoms with E-state index in [-0.39, 0.29) is 11.8 Å².